The van der Waals surface area contributed by atoms with E-state index in [0.717, 1.165) is 23.1 Å². The fourth-order valence-corrected chi connectivity index (χ4v) is 4.07. The molecule has 0 unspecified atom stereocenters. The molecule has 0 aliphatic rings. The molecule has 0 saturated heterocycles. The van der Waals surface area contributed by atoms with Crippen molar-refractivity contribution < 1.29 is 19.1 Å². The summed E-state index contributed by atoms with van der Waals surface area (Å²) < 4.78 is 6.78. The van der Waals surface area contributed by atoms with Crippen molar-refractivity contribution in [1.82, 2.24) is 9.88 Å². The normalized spacial score (nSPS) is 11.1. The first-order chi connectivity index (χ1) is 17.0. The Kier molecular flexibility index (Phi) is 7.26. The molecule has 0 spiro atoms. The molecule has 7 nitrogen and oxygen atoms in total. The van der Waals surface area contributed by atoms with Gasteiger partial charge < -0.3 is 19.9 Å². The van der Waals surface area contributed by atoms with E-state index in [9.17, 15) is 14.4 Å². The van der Waals surface area contributed by atoms with Crippen LogP contribution in [0.25, 0.3) is 27.9 Å². The van der Waals surface area contributed by atoms with Crippen LogP contribution in [0.1, 0.15) is 18.1 Å². The molecule has 2 N–H and O–H groups in total. The third kappa shape index (κ3) is 5.58. The maximum absolute atomic E-state index is 12.4. The number of aromatic nitrogens is 1. The first kappa shape index (κ1) is 23.8. The Morgan fingerprint density at radius 1 is 0.943 bits per heavy atom. The molecule has 0 fully saturated rings. The number of hydrogen-bond donors (Lipinski definition) is 2. The topological polar surface area (TPSA) is 89.4 Å². The van der Waals surface area contributed by atoms with Crippen LogP contribution in [-0.2, 0) is 32.1 Å². The molecule has 1 aromatic heterocycles. The highest BCUT2D eigenvalue weighted by Crippen LogP contribution is 2.30. The van der Waals surface area contributed by atoms with Gasteiger partial charge in [-0.2, -0.15) is 0 Å². The summed E-state index contributed by atoms with van der Waals surface area (Å²) in [7, 11) is 1.27. The van der Waals surface area contributed by atoms with Crippen LogP contribution < -0.4 is 10.6 Å². The lowest BCUT2D eigenvalue weighted by molar-refractivity contribution is -0.141. The number of fused-ring (bicyclic) bond motifs is 3. The molecule has 0 aliphatic carbocycles. The molecule has 4 rings (SSSR count). The minimum absolute atomic E-state index is 0.127. The van der Waals surface area contributed by atoms with E-state index in [4.69, 9.17) is 0 Å². The van der Waals surface area contributed by atoms with Crippen LogP contribution in [0.15, 0.2) is 72.8 Å². The molecule has 0 radical (unpaired) electrons. The Morgan fingerprint density at radius 3 is 2.43 bits per heavy atom. The number of ether oxygens (including phenoxy) is 1. The van der Waals surface area contributed by atoms with Crippen LogP contribution in [0.2, 0.25) is 0 Å². The summed E-state index contributed by atoms with van der Waals surface area (Å²) in [6, 6.07) is 21.5. The molecule has 0 bridgehead atoms. The Hall–Kier alpha value is -4.39. The molecule has 4 aromatic rings. The number of anilines is 1. The smallest absolute Gasteiger partial charge is 0.325 e. The zero-order valence-electron chi connectivity index (χ0n) is 19.7. The van der Waals surface area contributed by atoms with Gasteiger partial charge in [0, 0.05) is 40.1 Å². The molecule has 2 amide bonds. The molecule has 178 valence electrons. The summed E-state index contributed by atoms with van der Waals surface area (Å²) in [4.78, 5) is 35.4. The van der Waals surface area contributed by atoms with Crippen LogP contribution in [0.5, 0.6) is 0 Å². The zero-order chi connectivity index (χ0) is 24.8. The first-order valence-electron chi connectivity index (χ1n) is 11.4. The summed E-state index contributed by atoms with van der Waals surface area (Å²) in [6.45, 7) is 2.86. The van der Waals surface area contributed by atoms with Crippen molar-refractivity contribution in [2.75, 3.05) is 19.0 Å². The van der Waals surface area contributed by atoms with Crippen molar-refractivity contribution in [3.63, 3.8) is 0 Å². The highest BCUT2D eigenvalue weighted by atomic mass is 16.5. The number of esters is 1. The number of amides is 2. The highest BCUT2D eigenvalue weighted by Gasteiger charge is 2.09. The minimum atomic E-state index is -0.503. The third-order valence-corrected chi connectivity index (χ3v) is 5.78. The first-order valence-corrected chi connectivity index (χ1v) is 11.4. The van der Waals surface area contributed by atoms with Gasteiger partial charge in [-0.15, -0.1) is 0 Å². The van der Waals surface area contributed by atoms with E-state index in [1.54, 1.807) is 30.3 Å². The molecule has 0 atom stereocenters. The summed E-state index contributed by atoms with van der Waals surface area (Å²) in [6.07, 6.45) is 3.43. The second kappa shape index (κ2) is 10.7. The fraction of sp³-hybridized carbons (Fsp3) is 0.179. The number of hydrogen-bond acceptors (Lipinski definition) is 4. The van der Waals surface area contributed by atoms with E-state index >= 15 is 0 Å². The van der Waals surface area contributed by atoms with Crippen molar-refractivity contribution >= 4 is 51.4 Å². The van der Waals surface area contributed by atoms with Crippen molar-refractivity contribution in [2.24, 2.45) is 0 Å². The maximum Gasteiger partial charge on any atom is 0.325 e. The van der Waals surface area contributed by atoms with Crippen molar-refractivity contribution in [3.8, 4) is 0 Å². The second-order valence-corrected chi connectivity index (χ2v) is 8.09. The fourth-order valence-electron chi connectivity index (χ4n) is 4.07. The van der Waals surface area contributed by atoms with Gasteiger partial charge in [-0.1, -0.05) is 36.4 Å². The minimum Gasteiger partial charge on any atom is -0.468 e. The Bertz CT molecular complexity index is 1420. The van der Waals surface area contributed by atoms with Gasteiger partial charge in [0.25, 0.3) is 0 Å². The van der Waals surface area contributed by atoms with Crippen molar-refractivity contribution in [2.45, 2.75) is 19.9 Å². The summed E-state index contributed by atoms with van der Waals surface area (Å²) in [5.74, 6) is -1.03. The van der Waals surface area contributed by atoms with Gasteiger partial charge in [0.15, 0.2) is 0 Å². The van der Waals surface area contributed by atoms with Crippen LogP contribution in [-0.4, -0.2) is 36.0 Å². The van der Waals surface area contributed by atoms with Crippen LogP contribution in [0.4, 0.5) is 5.69 Å². The molecule has 7 heteroatoms. The lowest BCUT2D eigenvalue weighted by Gasteiger charge is -2.06. The monoisotopic (exact) mass is 469 g/mol. The average Bonchev–Trinajstić information content (AvgIpc) is 3.20. The number of methoxy groups -OCH3 is 1. The second-order valence-electron chi connectivity index (χ2n) is 8.09. The number of carbonyl (C=O) groups excluding carboxylic acids is 3. The Balaban J connectivity index is 1.39. The van der Waals surface area contributed by atoms with Crippen molar-refractivity contribution in [1.29, 1.82) is 0 Å². The summed E-state index contributed by atoms with van der Waals surface area (Å²) >= 11 is 0. The number of nitrogens with one attached hydrogen (secondary N) is 2. The van der Waals surface area contributed by atoms with Gasteiger partial charge in [0.05, 0.1) is 13.5 Å². The number of aryl methyl sites for hydroxylation is 1. The van der Waals surface area contributed by atoms with E-state index in [2.05, 4.69) is 51.1 Å². The average molecular weight is 470 g/mol. The third-order valence-electron chi connectivity index (χ3n) is 5.78. The van der Waals surface area contributed by atoms with Crippen LogP contribution >= 0.6 is 0 Å². The molecule has 3 aromatic carbocycles. The van der Waals surface area contributed by atoms with Crippen molar-refractivity contribution in [3.05, 3.63) is 83.9 Å². The van der Waals surface area contributed by atoms with Gasteiger partial charge >= 0.3 is 5.97 Å². The number of benzene rings is 3. The number of nitrogens with zero attached hydrogens (tertiary/aromatic N) is 1. The molecule has 0 aliphatic heterocycles. The van der Waals surface area contributed by atoms with Gasteiger partial charge in [0.2, 0.25) is 11.8 Å². The van der Waals surface area contributed by atoms with E-state index in [1.165, 1.54) is 29.6 Å². The predicted octanol–water partition coefficient (Wildman–Crippen LogP) is 4.30. The number of carbonyl (C=O) groups is 3. The van der Waals surface area contributed by atoms with E-state index in [-0.39, 0.29) is 24.8 Å². The largest absolute Gasteiger partial charge is 0.468 e. The van der Waals surface area contributed by atoms with Gasteiger partial charge in [0.1, 0.15) is 6.54 Å². The van der Waals surface area contributed by atoms with E-state index < -0.39 is 5.97 Å². The standard InChI is InChI=1S/C28H27N3O4/c1-3-31-24-7-5-4-6-22(24)23-16-19(10-14-25(23)31)11-15-26(32)30-21-12-8-20(9-13-21)17-27(33)29-18-28(34)35-2/h4-16H,3,17-18H2,1-2H3,(H,29,33)(H,30,32). The SMILES string of the molecule is CCn1c2ccccc2c2cc(C=CC(=O)Nc3ccc(CC(=O)NCC(=O)OC)cc3)ccc21. The van der Waals surface area contributed by atoms with E-state index in [0.29, 0.717) is 5.69 Å². The molecule has 35 heavy (non-hydrogen) atoms. The lowest BCUT2D eigenvalue weighted by atomic mass is 10.1. The molecule has 1 heterocycles. The van der Waals surface area contributed by atoms with Gasteiger partial charge in [-0.3, -0.25) is 14.4 Å². The number of para-hydroxylation sites is 1. The molecular formula is C28H27N3O4. The highest BCUT2D eigenvalue weighted by molar-refractivity contribution is 6.09. The Labute approximate surface area is 203 Å². The zero-order valence-corrected chi connectivity index (χ0v) is 19.7. The number of rotatable bonds is 8. The van der Waals surface area contributed by atoms with Crippen LogP contribution in [0.3, 0.4) is 0 Å². The van der Waals surface area contributed by atoms with Gasteiger partial charge in [-0.25, -0.2) is 0 Å². The quantitative estimate of drug-likeness (QED) is 0.297. The molecular weight excluding hydrogens is 442 g/mol. The van der Waals surface area contributed by atoms with Crippen LogP contribution in [0, 0.1) is 0 Å². The lowest BCUT2D eigenvalue weighted by Crippen LogP contribution is -2.31. The maximum atomic E-state index is 12.4. The van der Waals surface area contributed by atoms with E-state index in [1.807, 2.05) is 18.2 Å². The summed E-state index contributed by atoms with van der Waals surface area (Å²) in [5, 5.41) is 7.68. The molecule has 0 saturated carbocycles. The van der Waals surface area contributed by atoms with Gasteiger partial charge in [-0.05, 0) is 54.5 Å². The summed E-state index contributed by atoms with van der Waals surface area (Å²) in [5.41, 5.74) is 4.71. The Morgan fingerprint density at radius 2 is 1.69 bits per heavy atom. The predicted molar refractivity (Wildman–Crippen MR) is 138 cm³/mol.